The van der Waals surface area contributed by atoms with Crippen LogP contribution < -0.4 is 5.32 Å². The molecule has 1 aromatic carbocycles. The normalized spacial score (nSPS) is 12.8. The van der Waals surface area contributed by atoms with Crippen molar-refractivity contribution >= 4 is 0 Å². The van der Waals surface area contributed by atoms with Crippen LogP contribution in [0, 0.1) is 19.8 Å². The van der Waals surface area contributed by atoms with Crippen molar-refractivity contribution in [1.29, 1.82) is 0 Å². The van der Waals surface area contributed by atoms with Gasteiger partial charge < -0.3 is 10.4 Å². The molecule has 0 amide bonds. The van der Waals surface area contributed by atoms with E-state index in [1.807, 2.05) is 0 Å². The lowest BCUT2D eigenvalue weighted by Crippen LogP contribution is -2.21. The number of aliphatic hydroxyl groups is 1. The summed E-state index contributed by atoms with van der Waals surface area (Å²) < 4.78 is 0. The standard InChI is InChI=1S/C14H23NO/c1-11(6-7-16)9-15-10-14-5-4-12(2)13(3)8-14/h4-5,8,11,15-16H,6-7,9-10H2,1-3H3. The van der Waals surface area contributed by atoms with Crippen molar-refractivity contribution < 1.29 is 5.11 Å². The number of benzene rings is 1. The van der Waals surface area contributed by atoms with Crippen LogP contribution in [0.25, 0.3) is 0 Å². The van der Waals surface area contributed by atoms with E-state index in [4.69, 9.17) is 5.11 Å². The monoisotopic (exact) mass is 221 g/mol. The molecule has 0 aliphatic heterocycles. The molecule has 0 fully saturated rings. The molecule has 2 nitrogen and oxygen atoms in total. The summed E-state index contributed by atoms with van der Waals surface area (Å²) in [4.78, 5) is 0. The minimum Gasteiger partial charge on any atom is -0.396 e. The fourth-order valence-electron chi connectivity index (χ4n) is 1.70. The zero-order valence-electron chi connectivity index (χ0n) is 10.6. The Morgan fingerprint density at radius 3 is 2.62 bits per heavy atom. The van der Waals surface area contributed by atoms with Gasteiger partial charge in [0, 0.05) is 13.2 Å². The third-order valence-electron chi connectivity index (χ3n) is 3.02. The van der Waals surface area contributed by atoms with E-state index in [0.717, 1.165) is 19.5 Å². The van der Waals surface area contributed by atoms with Gasteiger partial charge in [0.05, 0.1) is 0 Å². The molecule has 0 saturated carbocycles. The summed E-state index contributed by atoms with van der Waals surface area (Å²) in [5, 5.41) is 12.2. The van der Waals surface area contributed by atoms with Gasteiger partial charge in [0.1, 0.15) is 0 Å². The number of rotatable bonds is 6. The summed E-state index contributed by atoms with van der Waals surface area (Å²) in [6.45, 7) is 8.60. The maximum absolute atomic E-state index is 8.79. The Morgan fingerprint density at radius 2 is 2.00 bits per heavy atom. The van der Waals surface area contributed by atoms with Crippen LogP contribution in [0.3, 0.4) is 0 Å². The van der Waals surface area contributed by atoms with Gasteiger partial charge in [-0.2, -0.15) is 0 Å². The molecule has 0 bridgehead atoms. The molecule has 0 spiro atoms. The van der Waals surface area contributed by atoms with E-state index < -0.39 is 0 Å². The second kappa shape index (κ2) is 6.66. The van der Waals surface area contributed by atoms with E-state index in [1.165, 1.54) is 16.7 Å². The largest absolute Gasteiger partial charge is 0.396 e. The first-order chi connectivity index (χ1) is 7.63. The van der Waals surface area contributed by atoms with E-state index in [-0.39, 0.29) is 6.61 Å². The van der Waals surface area contributed by atoms with E-state index in [2.05, 4.69) is 44.3 Å². The number of hydrogen-bond donors (Lipinski definition) is 2. The third kappa shape index (κ3) is 4.33. The minimum atomic E-state index is 0.284. The van der Waals surface area contributed by atoms with Crippen LogP contribution in [0.4, 0.5) is 0 Å². The molecule has 1 atom stereocenters. The maximum atomic E-state index is 8.79. The highest BCUT2D eigenvalue weighted by atomic mass is 16.3. The van der Waals surface area contributed by atoms with Crippen molar-refractivity contribution in [3.05, 3.63) is 34.9 Å². The Morgan fingerprint density at radius 1 is 1.25 bits per heavy atom. The van der Waals surface area contributed by atoms with Gasteiger partial charge in [0.15, 0.2) is 0 Å². The summed E-state index contributed by atoms with van der Waals surface area (Å²) in [7, 11) is 0. The molecule has 2 N–H and O–H groups in total. The Kier molecular flexibility index (Phi) is 5.50. The SMILES string of the molecule is Cc1ccc(CNCC(C)CCO)cc1C. The van der Waals surface area contributed by atoms with Gasteiger partial charge in [-0.15, -0.1) is 0 Å². The van der Waals surface area contributed by atoms with Crippen molar-refractivity contribution in [3.63, 3.8) is 0 Å². The van der Waals surface area contributed by atoms with Gasteiger partial charge in [0.2, 0.25) is 0 Å². The average Bonchev–Trinajstić information content (AvgIpc) is 2.24. The van der Waals surface area contributed by atoms with Crippen LogP contribution >= 0.6 is 0 Å². The molecule has 1 aromatic rings. The molecular weight excluding hydrogens is 198 g/mol. The number of hydrogen-bond acceptors (Lipinski definition) is 2. The molecule has 1 rings (SSSR count). The van der Waals surface area contributed by atoms with Crippen LogP contribution in [-0.2, 0) is 6.54 Å². The highest BCUT2D eigenvalue weighted by Crippen LogP contribution is 2.09. The minimum absolute atomic E-state index is 0.284. The number of aryl methyl sites for hydroxylation is 2. The number of aliphatic hydroxyl groups excluding tert-OH is 1. The van der Waals surface area contributed by atoms with E-state index in [0.29, 0.717) is 5.92 Å². The van der Waals surface area contributed by atoms with Gasteiger partial charge in [-0.1, -0.05) is 25.1 Å². The van der Waals surface area contributed by atoms with Gasteiger partial charge >= 0.3 is 0 Å². The Hall–Kier alpha value is -0.860. The van der Waals surface area contributed by atoms with Crippen LogP contribution in [0.5, 0.6) is 0 Å². The van der Waals surface area contributed by atoms with Crippen LogP contribution in [0.1, 0.15) is 30.0 Å². The van der Waals surface area contributed by atoms with Crippen molar-refractivity contribution in [2.45, 2.75) is 33.7 Å². The van der Waals surface area contributed by atoms with Crippen LogP contribution in [-0.4, -0.2) is 18.3 Å². The molecule has 2 heteroatoms. The first kappa shape index (κ1) is 13.2. The lowest BCUT2D eigenvalue weighted by molar-refractivity contribution is 0.260. The van der Waals surface area contributed by atoms with Crippen LogP contribution in [0.2, 0.25) is 0 Å². The van der Waals surface area contributed by atoms with Gasteiger partial charge in [-0.25, -0.2) is 0 Å². The fourth-order valence-corrected chi connectivity index (χ4v) is 1.70. The van der Waals surface area contributed by atoms with Gasteiger partial charge in [-0.3, -0.25) is 0 Å². The molecule has 1 unspecified atom stereocenters. The van der Waals surface area contributed by atoms with E-state index >= 15 is 0 Å². The molecule has 0 saturated heterocycles. The lowest BCUT2D eigenvalue weighted by Gasteiger charge is -2.11. The summed E-state index contributed by atoms with van der Waals surface area (Å²) in [5.41, 5.74) is 4.03. The lowest BCUT2D eigenvalue weighted by atomic mass is 10.1. The fraction of sp³-hybridized carbons (Fsp3) is 0.571. The zero-order valence-corrected chi connectivity index (χ0v) is 10.6. The molecule has 0 heterocycles. The highest BCUT2D eigenvalue weighted by molar-refractivity contribution is 5.29. The summed E-state index contributed by atoms with van der Waals surface area (Å²) in [6.07, 6.45) is 0.875. The highest BCUT2D eigenvalue weighted by Gasteiger charge is 2.01. The van der Waals surface area contributed by atoms with E-state index in [1.54, 1.807) is 0 Å². The molecule has 0 aromatic heterocycles. The zero-order chi connectivity index (χ0) is 12.0. The predicted octanol–water partition coefficient (Wildman–Crippen LogP) is 2.41. The van der Waals surface area contributed by atoms with Crippen molar-refractivity contribution in [1.82, 2.24) is 5.32 Å². The first-order valence-electron chi connectivity index (χ1n) is 6.01. The smallest absolute Gasteiger partial charge is 0.0434 e. The summed E-state index contributed by atoms with van der Waals surface area (Å²) >= 11 is 0. The molecule has 16 heavy (non-hydrogen) atoms. The van der Waals surface area contributed by atoms with E-state index in [9.17, 15) is 0 Å². The summed E-state index contributed by atoms with van der Waals surface area (Å²) in [5.74, 6) is 0.538. The molecule has 0 aliphatic rings. The quantitative estimate of drug-likeness (QED) is 0.773. The second-order valence-corrected chi connectivity index (χ2v) is 4.67. The molecule has 0 aliphatic carbocycles. The first-order valence-corrected chi connectivity index (χ1v) is 6.01. The van der Waals surface area contributed by atoms with Crippen LogP contribution in [0.15, 0.2) is 18.2 Å². The Labute approximate surface area is 98.7 Å². The molecule has 90 valence electrons. The average molecular weight is 221 g/mol. The van der Waals surface area contributed by atoms with Crippen molar-refractivity contribution in [3.8, 4) is 0 Å². The Balaban J connectivity index is 2.34. The topological polar surface area (TPSA) is 32.3 Å². The third-order valence-corrected chi connectivity index (χ3v) is 3.02. The van der Waals surface area contributed by atoms with Gasteiger partial charge in [0.25, 0.3) is 0 Å². The van der Waals surface area contributed by atoms with Crippen molar-refractivity contribution in [2.75, 3.05) is 13.2 Å². The summed E-state index contributed by atoms with van der Waals surface area (Å²) in [6, 6.07) is 6.58. The Bertz CT molecular complexity index is 323. The van der Waals surface area contributed by atoms with Gasteiger partial charge in [-0.05, 0) is 49.4 Å². The molecular formula is C14H23NO. The maximum Gasteiger partial charge on any atom is 0.0434 e. The second-order valence-electron chi connectivity index (χ2n) is 4.67. The molecule has 0 radical (unpaired) electrons. The van der Waals surface area contributed by atoms with Crippen molar-refractivity contribution in [2.24, 2.45) is 5.92 Å². The number of nitrogens with one attached hydrogen (secondary N) is 1. The predicted molar refractivity (Wildman–Crippen MR) is 68.5 cm³/mol.